The van der Waals surface area contributed by atoms with Gasteiger partial charge in [-0.05, 0) is 51.8 Å². The van der Waals surface area contributed by atoms with Crippen molar-refractivity contribution >= 4 is 12.0 Å². The molecule has 1 saturated heterocycles. The van der Waals surface area contributed by atoms with E-state index < -0.39 is 17.2 Å². The molecule has 24 heavy (non-hydrogen) atoms. The minimum atomic E-state index is -0.922. The zero-order chi connectivity index (χ0) is 18.0. The predicted molar refractivity (Wildman–Crippen MR) is 90.8 cm³/mol. The fraction of sp³-hybridized carbons (Fsp3) is 0.556. The van der Waals surface area contributed by atoms with Gasteiger partial charge < -0.3 is 19.7 Å². The van der Waals surface area contributed by atoms with Crippen molar-refractivity contribution in [1.82, 2.24) is 10.2 Å². The molecule has 0 aromatic heterocycles. The molecule has 0 unspecified atom stereocenters. The molecule has 6 nitrogen and oxygen atoms in total. The third-order valence-corrected chi connectivity index (χ3v) is 3.95. The lowest BCUT2D eigenvalue weighted by Crippen LogP contribution is -2.52. The Morgan fingerprint density at radius 2 is 1.92 bits per heavy atom. The van der Waals surface area contributed by atoms with Crippen LogP contribution in [0.15, 0.2) is 24.3 Å². The van der Waals surface area contributed by atoms with Crippen LogP contribution in [-0.4, -0.2) is 41.7 Å². The summed E-state index contributed by atoms with van der Waals surface area (Å²) in [5.41, 5.74) is -0.495. The number of rotatable bonds is 4. The molecule has 0 saturated carbocycles. The molecule has 1 heterocycles. The normalized spacial score (nSPS) is 20.9. The molecule has 0 aliphatic carbocycles. The highest BCUT2D eigenvalue weighted by atomic mass is 16.6. The first-order chi connectivity index (χ1) is 11.1. The van der Waals surface area contributed by atoms with Gasteiger partial charge in [0.05, 0.1) is 7.11 Å². The first-order valence-electron chi connectivity index (χ1n) is 8.06. The Balaban J connectivity index is 1.98. The number of carbonyl (C=O) groups excluding carboxylic acids is 2. The molecule has 0 bridgehead atoms. The number of nitrogens with zero attached hydrogens (tertiary/aromatic N) is 1. The minimum Gasteiger partial charge on any atom is -0.497 e. The molecule has 132 valence electrons. The fourth-order valence-electron chi connectivity index (χ4n) is 2.66. The molecule has 0 radical (unpaired) electrons. The number of hydrogen-bond acceptors (Lipinski definition) is 4. The summed E-state index contributed by atoms with van der Waals surface area (Å²) in [6.45, 7) is 8.23. The van der Waals surface area contributed by atoms with Crippen molar-refractivity contribution in [2.75, 3.05) is 13.7 Å². The minimum absolute atomic E-state index is 0.0934. The van der Waals surface area contributed by atoms with Gasteiger partial charge in [0.25, 0.3) is 0 Å². The number of amides is 2. The summed E-state index contributed by atoms with van der Waals surface area (Å²) in [6.07, 6.45) is -0.00836. The van der Waals surface area contributed by atoms with Gasteiger partial charge in [-0.15, -0.1) is 0 Å². The molecule has 1 N–H and O–H groups in total. The molecule has 1 aromatic carbocycles. The number of hydrogen-bond donors (Lipinski definition) is 1. The van der Waals surface area contributed by atoms with E-state index in [1.165, 1.54) is 0 Å². The van der Waals surface area contributed by atoms with E-state index in [1.807, 2.05) is 24.3 Å². The van der Waals surface area contributed by atoms with E-state index in [1.54, 1.807) is 39.7 Å². The van der Waals surface area contributed by atoms with E-state index in [4.69, 9.17) is 9.47 Å². The van der Waals surface area contributed by atoms with Crippen molar-refractivity contribution in [2.45, 2.75) is 51.8 Å². The van der Waals surface area contributed by atoms with Gasteiger partial charge in [0, 0.05) is 13.1 Å². The number of methoxy groups -OCH3 is 1. The van der Waals surface area contributed by atoms with Crippen molar-refractivity contribution in [2.24, 2.45) is 0 Å². The van der Waals surface area contributed by atoms with Crippen molar-refractivity contribution in [3.8, 4) is 5.75 Å². The van der Waals surface area contributed by atoms with Crippen LogP contribution in [0.1, 0.15) is 39.7 Å². The van der Waals surface area contributed by atoms with Crippen molar-refractivity contribution in [3.63, 3.8) is 0 Å². The molecule has 1 aromatic rings. The van der Waals surface area contributed by atoms with Gasteiger partial charge in [0.2, 0.25) is 5.91 Å². The Morgan fingerprint density at radius 1 is 1.29 bits per heavy atom. The molecule has 1 fully saturated rings. The van der Waals surface area contributed by atoms with Gasteiger partial charge >= 0.3 is 6.09 Å². The second-order valence-electron chi connectivity index (χ2n) is 7.28. The molecule has 1 aliphatic heterocycles. The molecular weight excluding hydrogens is 308 g/mol. The van der Waals surface area contributed by atoms with Gasteiger partial charge in [-0.1, -0.05) is 12.1 Å². The van der Waals surface area contributed by atoms with Crippen LogP contribution in [0.5, 0.6) is 5.75 Å². The molecule has 2 rings (SSSR count). The monoisotopic (exact) mass is 334 g/mol. The Bertz CT molecular complexity index is 606. The molecule has 0 spiro atoms. The second kappa shape index (κ2) is 6.71. The van der Waals surface area contributed by atoms with Gasteiger partial charge in [-0.3, -0.25) is 4.79 Å². The Hall–Kier alpha value is -2.24. The van der Waals surface area contributed by atoms with E-state index in [0.717, 1.165) is 11.3 Å². The zero-order valence-corrected chi connectivity index (χ0v) is 15.0. The Morgan fingerprint density at radius 3 is 2.46 bits per heavy atom. The lowest BCUT2D eigenvalue weighted by Gasteiger charge is -2.27. The zero-order valence-electron chi connectivity index (χ0n) is 15.0. The summed E-state index contributed by atoms with van der Waals surface area (Å²) in [5, 5.41) is 2.72. The van der Waals surface area contributed by atoms with Gasteiger partial charge in [-0.25, -0.2) is 4.79 Å². The van der Waals surface area contributed by atoms with E-state index in [2.05, 4.69) is 5.32 Å². The van der Waals surface area contributed by atoms with Crippen LogP contribution >= 0.6 is 0 Å². The van der Waals surface area contributed by atoms with Crippen LogP contribution in [0.3, 0.4) is 0 Å². The maximum absolute atomic E-state index is 12.7. The molecular formula is C18H26N2O4. The fourth-order valence-corrected chi connectivity index (χ4v) is 2.66. The van der Waals surface area contributed by atoms with E-state index in [-0.39, 0.29) is 5.91 Å². The largest absolute Gasteiger partial charge is 0.497 e. The number of likely N-dealkylation sites (tertiary alicyclic amines) is 1. The summed E-state index contributed by atoms with van der Waals surface area (Å²) >= 11 is 0. The summed E-state index contributed by atoms with van der Waals surface area (Å²) in [6, 6.07) is 7.61. The van der Waals surface area contributed by atoms with Gasteiger partial charge in [-0.2, -0.15) is 0 Å². The molecule has 2 amide bonds. The van der Waals surface area contributed by atoms with Crippen LogP contribution in [0.4, 0.5) is 4.79 Å². The standard InChI is InChI=1S/C18H26N2O4/c1-17(2,3)24-16(22)19-18(4)10-11-20(15(18)21)12-13-6-8-14(23-5)9-7-13/h6-9H,10-12H2,1-5H3,(H,19,22)/t18-/m0/s1. The third-order valence-electron chi connectivity index (χ3n) is 3.95. The van der Waals surface area contributed by atoms with Crippen molar-refractivity contribution < 1.29 is 19.1 Å². The van der Waals surface area contributed by atoms with Crippen molar-refractivity contribution in [1.29, 1.82) is 0 Å². The van der Waals surface area contributed by atoms with Gasteiger partial charge in [0.1, 0.15) is 16.9 Å². The topological polar surface area (TPSA) is 67.9 Å². The summed E-state index contributed by atoms with van der Waals surface area (Å²) in [4.78, 5) is 26.4. The number of ether oxygens (including phenoxy) is 2. The first kappa shape index (κ1) is 18.1. The van der Waals surface area contributed by atoms with Crippen LogP contribution < -0.4 is 10.1 Å². The lowest BCUT2D eigenvalue weighted by molar-refractivity contribution is -0.133. The maximum Gasteiger partial charge on any atom is 0.408 e. The van der Waals surface area contributed by atoms with E-state index >= 15 is 0 Å². The highest BCUT2D eigenvalue weighted by Crippen LogP contribution is 2.25. The lowest BCUT2D eigenvalue weighted by atomic mass is 10.0. The van der Waals surface area contributed by atoms with Crippen LogP contribution in [0.25, 0.3) is 0 Å². The molecule has 1 atom stereocenters. The average Bonchev–Trinajstić information content (AvgIpc) is 2.74. The highest BCUT2D eigenvalue weighted by Gasteiger charge is 2.44. The van der Waals surface area contributed by atoms with Gasteiger partial charge in [0.15, 0.2) is 0 Å². The van der Waals surface area contributed by atoms with E-state index in [9.17, 15) is 9.59 Å². The quantitative estimate of drug-likeness (QED) is 0.919. The molecule has 1 aliphatic rings. The average molecular weight is 334 g/mol. The number of benzene rings is 1. The summed E-state index contributed by atoms with van der Waals surface area (Å²) in [7, 11) is 1.62. The Labute approximate surface area is 143 Å². The molecule has 6 heteroatoms. The summed E-state index contributed by atoms with van der Waals surface area (Å²) in [5.74, 6) is 0.687. The van der Waals surface area contributed by atoms with Crippen LogP contribution in [-0.2, 0) is 16.1 Å². The van der Waals surface area contributed by atoms with Crippen LogP contribution in [0, 0.1) is 0 Å². The van der Waals surface area contributed by atoms with Crippen molar-refractivity contribution in [3.05, 3.63) is 29.8 Å². The highest BCUT2D eigenvalue weighted by molar-refractivity contribution is 5.91. The second-order valence-corrected chi connectivity index (χ2v) is 7.28. The summed E-state index contributed by atoms with van der Waals surface area (Å²) < 4.78 is 10.4. The van der Waals surface area contributed by atoms with Crippen LogP contribution in [0.2, 0.25) is 0 Å². The number of alkyl carbamates (subject to hydrolysis) is 1. The SMILES string of the molecule is COc1ccc(CN2CC[C@](C)(NC(=O)OC(C)(C)C)C2=O)cc1. The number of nitrogens with one attached hydrogen (secondary N) is 1. The first-order valence-corrected chi connectivity index (χ1v) is 8.06. The number of carbonyl (C=O) groups is 2. The predicted octanol–water partition coefficient (Wildman–Crippen LogP) is 2.71. The van der Waals surface area contributed by atoms with E-state index in [0.29, 0.717) is 19.5 Å². The Kier molecular flexibility index (Phi) is 5.06. The third kappa shape index (κ3) is 4.40. The maximum atomic E-state index is 12.7. The smallest absolute Gasteiger partial charge is 0.408 e.